The number of rotatable bonds is 9. The highest BCUT2D eigenvalue weighted by molar-refractivity contribution is 6.20. The van der Waals surface area contributed by atoms with Gasteiger partial charge in [-0.25, -0.2) is 0 Å². The van der Waals surface area contributed by atoms with Crippen LogP contribution < -0.4 is 0 Å². The molecule has 1 unspecified atom stereocenters. The van der Waals surface area contributed by atoms with Crippen LogP contribution in [0.4, 0.5) is 0 Å². The van der Waals surface area contributed by atoms with Crippen molar-refractivity contribution in [3.05, 3.63) is 0 Å². The van der Waals surface area contributed by atoms with E-state index in [1.807, 2.05) is 6.92 Å². The zero-order valence-electron chi connectivity index (χ0n) is 9.59. The van der Waals surface area contributed by atoms with Crippen LogP contribution >= 0.6 is 11.6 Å². The molecule has 0 radical (unpaired) electrons. The number of alkyl halides is 1. The van der Waals surface area contributed by atoms with Crippen molar-refractivity contribution < 1.29 is 9.47 Å². The number of unbranched alkanes of at least 4 members (excludes halogenated alkanes) is 2. The Hall–Kier alpha value is 0.210. The number of hydrogen-bond donors (Lipinski definition) is 0. The summed E-state index contributed by atoms with van der Waals surface area (Å²) < 4.78 is 11.1. The van der Waals surface area contributed by atoms with Gasteiger partial charge in [-0.1, -0.05) is 26.7 Å². The van der Waals surface area contributed by atoms with E-state index >= 15 is 0 Å². The summed E-state index contributed by atoms with van der Waals surface area (Å²) >= 11 is 5.95. The normalized spacial score (nSPS) is 13.5. The lowest BCUT2D eigenvalue weighted by atomic mass is 10.3. The van der Waals surface area contributed by atoms with Gasteiger partial charge in [0.1, 0.15) is 0 Å². The fourth-order valence-corrected chi connectivity index (χ4v) is 1.15. The summed E-state index contributed by atoms with van der Waals surface area (Å²) in [6.45, 7) is 7.67. The first-order chi connectivity index (χ1) is 6.72. The van der Waals surface area contributed by atoms with E-state index in [1.165, 1.54) is 0 Å². The standard InChI is InChI=1S/C11H23ClO2/c1-4-6-8-13-11(10(3)12)14-9-7-5-2/h10-11H,4-9H2,1-3H3. The largest absolute Gasteiger partial charge is 0.351 e. The van der Waals surface area contributed by atoms with Crippen molar-refractivity contribution in [3.8, 4) is 0 Å². The van der Waals surface area contributed by atoms with E-state index in [0.717, 1.165) is 38.9 Å². The molecule has 14 heavy (non-hydrogen) atoms. The van der Waals surface area contributed by atoms with Crippen molar-refractivity contribution in [2.45, 2.75) is 58.1 Å². The van der Waals surface area contributed by atoms with Crippen molar-refractivity contribution >= 4 is 11.6 Å². The molecule has 0 heterocycles. The lowest BCUT2D eigenvalue weighted by Gasteiger charge is -2.20. The maximum absolute atomic E-state index is 5.95. The third kappa shape index (κ3) is 7.60. The van der Waals surface area contributed by atoms with Gasteiger partial charge in [0.2, 0.25) is 0 Å². The predicted molar refractivity (Wildman–Crippen MR) is 60.8 cm³/mol. The molecule has 0 fully saturated rings. The molecule has 0 N–H and O–H groups in total. The van der Waals surface area contributed by atoms with E-state index in [9.17, 15) is 0 Å². The molecule has 2 nitrogen and oxygen atoms in total. The second-order valence-electron chi connectivity index (χ2n) is 3.49. The molecule has 0 amide bonds. The number of ether oxygens (including phenoxy) is 2. The van der Waals surface area contributed by atoms with Gasteiger partial charge in [0.05, 0.1) is 5.38 Å². The Morgan fingerprint density at radius 2 is 1.43 bits per heavy atom. The Morgan fingerprint density at radius 3 is 1.71 bits per heavy atom. The fourth-order valence-electron chi connectivity index (χ4n) is 1.00. The Kier molecular flexibility index (Phi) is 9.90. The average molecular weight is 223 g/mol. The summed E-state index contributed by atoms with van der Waals surface area (Å²) in [5, 5.41) is -0.0799. The molecule has 0 aromatic rings. The van der Waals surface area contributed by atoms with E-state index in [4.69, 9.17) is 21.1 Å². The lowest BCUT2D eigenvalue weighted by molar-refractivity contribution is -0.142. The van der Waals surface area contributed by atoms with E-state index in [1.54, 1.807) is 0 Å². The summed E-state index contributed by atoms with van der Waals surface area (Å²) in [5.41, 5.74) is 0. The van der Waals surface area contributed by atoms with Gasteiger partial charge < -0.3 is 9.47 Å². The summed E-state index contributed by atoms with van der Waals surface area (Å²) in [6.07, 6.45) is 4.17. The minimum atomic E-state index is -0.241. The highest BCUT2D eigenvalue weighted by atomic mass is 35.5. The van der Waals surface area contributed by atoms with Crippen LogP contribution in [0.5, 0.6) is 0 Å². The van der Waals surface area contributed by atoms with Gasteiger partial charge in [-0.05, 0) is 19.8 Å². The smallest absolute Gasteiger partial charge is 0.173 e. The van der Waals surface area contributed by atoms with Crippen molar-refractivity contribution in [2.75, 3.05) is 13.2 Å². The zero-order chi connectivity index (χ0) is 10.8. The Labute approximate surface area is 92.9 Å². The maximum Gasteiger partial charge on any atom is 0.173 e. The third-order valence-corrected chi connectivity index (χ3v) is 2.14. The van der Waals surface area contributed by atoms with Crippen molar-refractivity contribution in [1.82, 2.24) is 0 Å². The minimum absolute atomic E-state index is 0.0799. The summed E-state index contributed by atoms with van der Waals surface area (Å²) in [4.78, 5) is 0. The van der Waals surface area contributed by atoms with E-state index in [-0.39, 0.29) is 11.7 Å². The van der Waals surface area contributed by atoms with Crippen LogP contribution in [-0.2, 0) is 9.47 Å². The fraction of sp³-hybridized carbons (Fsp3) is 1.00. The molecule has 0 saturated carbocycles. The first-order valence-corrected chi connectivity index (χ1v) is 6.03. The molecule has 0 saturated heterocycles. The highest BCUT2D eigenvalue weighted by Crippen LogP contribution is 2.09. The molecule has 0 aliphatic carbocycles. The van der Waals surface area contributed by atoms with Crippen LogP contribution in [0.15, 0.2) is 0 Å². The molecular formula is C11H23ClO2. The molecule has 86 valence electrons. The predicted octanol–water partition coefficient (Wildman–Crippen LogP) is 3.57. The first-order valence-electron chi connectivity index (χ1n) is 5.59. The summed E-state index contributed by atoms with van der Waals surface area (Å²) in [6, 6.07) is 0. The molecule has 0 aliphatic heterocycles. The molecule has 0 bridgehead atoms. The SMILES string of the molecule is CCCCOC(OCCCC)C(C)Cl. The van der Waals surface area contributed by atoms with Crippen LogP contribution in [0.1, 0.15) is 46.5 Å². The second-order valence-corrected chi connectivity index (χ2v) is 4.18. The molecule has 0 aromatic carbocycles. The number of hydrogen-bond acceptors (Lipinski definition) is 2. The molecule has 0 aromatic heterocycles. The average Bonchev–Trinajstić information content (AvgIpc) is 2.15. The molecule has 0 spiro atoms. The summed E-state index contributed by atoms with van der Waals surface area (Å²) in [7, 11) is 0. The van der Waals surface area contributed by atoms with Gasteiger partial charge in [0, 0.05) is 13.2 Å². The van der Waals surface area contributed by atoms with Crippen LogP contribution in [-0.4, -0.2) is 24.9 Å². The zero-order valence-corrected chi connectivity index (χ0v) is 10.3. The second kappa shape index (κ2) is 9.75. The van der Waals surface area contributed by atoms with Crippen molar-refractivity contribution in [2.24, 2.45) is 0 Å². The van der Waals surface area contributed by atoms with Gasteiger partial charge in [0.15, 0.2) is 6.29 Å². The monoisotopic (exact) mass is 222 g/mol. The van der Waals surface area contributed by atoms with Gasteiger partial charge in [-0.3, -0.25) is 0 Å². The van der Waals surface area contributed by atoms with Crippen molar-refractivity contribution in [1.29, 1.82) is 0 Å². The maximum atomic E-state index is 5.95. The summed E-state index contributed by atoms with van der Waals surface area (Å²) in [5.74, 6) is 0. The topological polar surface area (TPSA) is 18.5 Å². The molecule has 0 rings (SSSR count). The number of halogens is 1. The van der Waals surface area contributed by atoms with Gasteiger partial charge in [-0.2, -0.15) is 0 Å². The quantitative estimate of drug-likeness (QED) is 0.337. The third-order valence-electron chi connectivity index (χ3n) is 1.94. The van der Waals surface area contributed by atoms with E-state index in [0.29, 0.717) is 0 Å². The molecule has 1 atom stereocenters. The van der Waals surface area contributed by atoms with Crippen LogP contribution in [0.25, 0.3) is 0 Å². The van der Waals surface area contributed by atoms with Crippen molar-refractivity contribution in [3.63, 3.8) is 0 Å². The van der Waals surface area contributed by atoms with E-state index < -0.39 is 0 Å². The Balaban J connectivity index is 3.55. The Morgan fingerprint density at radius 1 is 1.00 bits per heavy atom. The van der Waals surface area contributed by atoms with Crippen LogP contribution in [0.2, 0.25) is 0 Å². The van der Waals surface area contributed by atoms with Gasteiger partial charge in [0.25, 0.3) is 0 Å². The van der Waals surface area contributed by atoms with Crippen LogP contribution in [0.3, 0.4) is 0 Å². The van der Waals surface area contributed by atoms with Gasteiger partial charge >= 0.3 is 0 Å². The van der Waals surface area contributed by atoms with E-state index in [2.05, 4.69) is 13.8 Å². The highest BCUT2D eigenvalue weighted by Gasteiger charge is 2.15. The lowest BCUT2D eigenvalue weighted by Crippen LogP contribution is -2.26. The molecule has 3 heteroatoms. The minimum Gasteiger partial charge on any atom is -0.351 e. The Bertz CT molecular complexity index is 108. The molecule has 0 aliphatic rings. The first kappa shape index (κ1) is 14.2. The molecular weight excluding hydrogens is 200 g/mol. The van der Waals surface area contributed by atoms with Gasteiger partial charge in [-0.15, -0.1) is 11.6 Å². The van der Waals surface area contributed by atoms with Crippen LogP contribution in [0, 0.1) is 0 Å².